The standard InChI is InChI=1S/C25H39N3O7/c1-3-4-5-6-7-19(26-24(34)35-18-9-15-8-16(15)10-18)22(31)28-13-17(29)11-20(28)21(30)27-25(23(32)33)12-14(25)2/h14-20,29H,3-13H2,1-2H3,(H,26,34)(H,27,30)(H,32,33)/t14?,15-,16+,17-,18+,19+,20+,25-/m1/s1. The highest BCUT2D eigenvalue weighted by atomic mass is 16.6. The van der Waals surface area contributed by atoms with Crippen LogP contribution in [0.1, 0.15) is 78.1 Å². The summed E-state index contributed by atoms with van der Waals surface area (Å²) in [6, 6.07) is -1.86. The fourth-order valence-electron chi connectivity index (χ4n) is 5.87. The molecule has 4 fully saturated rings. The van der Waals surface area contributed by atoms with E-state index < -0.39 is 47.6 Å². The first-order valence-corrected chi connectivity index (χ1v) is 13.2. The molecule has 3 saturated carbocycles. The third kappa shape index (κ3) is 5.73. The van der Waals surface area contributed by atoms with Crippen molar-refractivity contribution in [3.63, 3.8) is 0 Å². The number of hydrogen-bond donors (Lipinski definition) is 4. The van der Waals surface area contributed by atoms with E-state index in [-0.39, 0.29) is 25.0 Å². The number of alkyl carbamates (subject to hydrolysis) is 1. The Hall–Kier alpha value is -2.36. The predicted octanol–water partition coefficient (Wildman–Crippen LogP) is 1.79. The summed E-state index contributed by atoms with van der Waals surface area (Å²) in [5.74, 6) is -1.01. The van der Waals surface area contributed by atoms with Gasteiger partial charge < -0.3 is 30.5 Å². The maximum atomic E-state index is 13.5. The third-order valence-electron chi connectivity index (χ3n) is 8.31. The van der Waals surface area contributed by atoms with Gasteiger partial charge in [0.2, 0.25) is 11.8 Å². The van der Waals surface area contributed by atoms with Crippen LogP contribution in [0.3, 0.4) is 0 Å². The first kappa shape index (κ1) is 25.7. The lowest BCUT2D eigenvalue weighted by atomic mass is 10.1. The minimum atomic E-state index is -1.32. The monoisotopic (exact) mass is 493 g/mol. The van der Waals surface area contributed by atoms with E-state index in [1.807, 2.05) is 0 Å². The summed E-state index contributed by atoms with van der Waals surface area (Å²) in [4.78, 5) is 52.2. The van der Waals surface area contributed by atoms with Crippen molar-refractivity contribution in [1.82, 2.24) is 15.5 Å². The number of carbonyl (C=O) groups is 4. The maximum absolute atomic E-state index is 13.5. The number of likely N-dealkylation sites (tertiary alicyclic amines) is 1. The van der Waals surface area contributed by atoms with E-state index in [0.717, 1.165) is 38.5 Å². The summed E-state index contributed by atoms with van der Waals surface area (Å²) >= 11 is 0. The Morgan fingerprint density at radius 1 is 1.09 bits per heavy atom. The minimum Gasteiger partial charge on any atom is -0.479 e. The summed E-state index contributed by atoms with van der Waals surface area (Å²) in [7, 11) is 0. The van der Waals surface area contributed by atoms with Gasteiger partial charge in [-0.1, -0.05) is 39.5 Å². The van der Waals surface area contributed by atoms with E-state index in [1.165, 1.54) is 11.3 Å². The van der Waals surface area contributed by atoms with Crippen LogP contribution in [-0.4, -0.2) is 75.4 Å². The molecule has 196 valence electrons. The number of aliphatic hydroxyl groups is 1. The highest BCUT2D eigenvalue weighted by Gasteiger charge is 2.60. The third-order valence-corrected chi connectivity index (χ3v) is 8.31. The molecule has 4 aliphatic rings. The molecule has 4 N–H and O–H groups in total. The number of ether oxygens (including phenoxy) is 1. The number of β-amino-alcohol motifs (C(OH)–C–C–N with tert-alkyl or cyclic N) is 1. The fraction of sp³-hybridized carbons (Fsp3) is 0.840. The Morgan fingerprint density at radius 3 is 2.37 bits per heavy atom. The highest BCUT2D eigenvalue weighted by Crippen LogP contribution is 2.52. The zero-order chi connectivity index (χ0) is 25.3. The molecule has 1 saturated heterocycles. The molecule has 0 radical (unpaired) electrons. The Bertz CT molecular complexity index is 841. The topological polar surface area (TPSA) is 145 Å². The lowest BCUT2D eigenvalue weighted by molar-refractivity contribution is -0.145. The first-order valence-electron chi connectivity index (χ1n) is 13.2. The SMILES string of the molecule is CCCCCC[C@H](NC(=O)O[C@@H]1C[C@@H]2C[C@@H]2C1)C(=O)N1C[C@H](O)C[C@H]1C(=O)N[C@]1(C(=O)O)CC1C. The van der Waals surface area contributed by atoms with Gasteiger partial charge in [-0.25, -0.2) is 9.59 Å². The predicted molar refractivity (Wildman–Crippen MR) is 125 cm³/mol. The molecule has 0 spiro atoms. The van der Waals surface area contributed by atoms with E-state index >= 15 is 0 Å². The number of rotatable bonds is 11. The van der Waals surface area contributed by atoms with Crippen LogP contribution >= 0.6 is 0 Å². The summed E-state index contributed by atoms with van der Waals surface area (Å²) in [6.07, 6.45) is 5.76. The van der Waals surface area contributed by atoms with Gasteiger partial charge in [0.25, 0.3) is 0 Å². The van der Waals surface area contributed by atoms with Crippen LogP contribution in [0.4, 0.5) is 4.79 Å². The largest absolute Gasteiger partial charge is 0.479 e. The van der Waals surface area contributed by atoms with Crippen LogP contribution in [0.5, 0.6) is 0 Å². The van der Waals surface area contributed by atoms with E-state index in [2.05, 4.69) is 17.6 Å². The molecule has 35 heavy (non-hydrogen) atoms. The van der Waals surface area contributed by atoms with Gasteiger partial charge >= 0.3 is 12.1 Å². The number of carbonyl (C=O) groups excluding carboxylic acids is 3. The van der Waals surface area contributed by atoms with E-state index in [1.54, 1.807) is 6.92 Å². The van der Waals surface area contributed by atoms with Crippen molar-refractivity contribution in [3.8, 4) is 0 Å². The molecule has 1 heterocycles. The number of nitrogens with one attached hydrogen (secondary N) is 2. The molecule has 1 unspecified atom stereocenters. The molecule has 0 aromatic carbocycles. The summed E-state index contributed by atoms with van der Waals surface area (Å²) in [5, 5.41) is 25.2. The number of amides is 3. The molecule has 4 rings (SSSR count). The van der Waals surface area contributed by atoms with Crippen LogP contribution in [0.25, 0.3) is 0 Å². The Labute approximate surface area is 206 Å². The van der Waals surface area contributed by atoms with Crippen LogP contribution in [0.15, 0.2) is 0 Å². The Kier molecular flexibility index (Phi) is 7.59. The number of nitrogens with zero attached hydrogens (tertiary/aromatic N) is 1. The number of carboxylic acid groups (broad SMARTS) is 1. The van der Waals surface area contributed by atoms with Gasteiger partial charge in [-0.3, -0.25) is 9.59 Å². The summed E-state index contributed by atoms with van der Waals surface area (Å²) < 4.78 is 5.58. The fourth-order valence-corrected chi connectivity index (χ4v) is 5.87. The maximum Gasteiger partial charge on any atom is 0.408 e. The molecular formula is C25H39N3O7. The zero-order valence-corrected chi connectivity index (χ0v) is 20.7. The average molecular weight is 494 g/mol. The second kappa shape index (κ2) is 10.3. The Balaban J connectivity index is 1.40. The van der Waals surface area contributed by atoms with Crippen LogP contribution < -0.4 is 10.6 Å². The smallest absolute Gasteiger partial charge is 0.408 e. The number of unbranched alkanes of at least 4 members (excludes halogenated alkanes) is 3. The van der Waals surface area contributed by atoms with Gasteiger partial charge in [-0.05, 0) is 49.9 Å². The molecule has 0 aromatic rings. The zero-order valence-electron chi connectivity index (χ0n) is 20.7. The molecule has 10 nitrogen and oxygen atoms in total. The molecular weight excluding hydrogens is 454 g/mol. The molecule has 0 aromatic heterocycles. The van der Waals surface area contributed by atoms with Crippen molar-refractivity contribution in [2.24, 2.45) is 17.8 Å². The van der Waals surface area contributed by atoms with Gasteiger partial charge in [-0.15, -0.1) is 0 Å². The van der Waals surface area contributed by atoms with E-state index in [9.17, 15) is 29.4 Å². The normalized spacial score (nSPS) is 35.7. The van der Waals surface area contributed by atoms with E-state index in [0.29, 0.717) is 24.7 Å². The van der Waals surface area contributed by atoms with Crippen molar-refractivity contribution in [2.75, 3.05) is 6.54 Å². The van der Waals surface area contributed by atoms with Crippen LogP contribution in [-0.2, 0) is 19.1 Å². The van der Waals surface area contributed by atoms with E-state index in [4.69, 9.17) is 4.74 Å². The quantitative estimate of drug-likeness (QED) is 0.321. The minimum absolute atomic E-state index is 0.0273. The van der Waals surface area contributed by atoms with Crippen LogP contribution in [0.2, 0.25) is 0 Å². The lowest BCUT2D eigenvalue weighted by Crippen LogP contribution is -2.56. The number of carboxylic acids is 1. The number of aliphatic hydroxyl groups excluding tert-OH is 1. The molecule has 1 aliphatic heterocycles. The number of hydrogen-bond acceptors (Lipinski definition) is 6. The Morgan fingerprint density at radius 2 is 1.77 bits per heavy atom. The first-order chi connectivity index (χ1) is 16.6. The van der Waals surface area contributed by atoms with Crippen molar-refractivity contribution < 1.29 is 34.1 Å². The van der Waals surface area contributed by atoms with Crippen molar-refractivity contribution in [3.05, 3.63) is 0 Å². The van der Waals surface area contributed by atoms with Gasteiger partial charge in [-0.2, -0.15) is 0 Å². The number of fused-ring (bicyclic) bond motifs is 1. The molecule has 3 aliphatic carbocycles. The molecule has 10 heteroatoms. The molecule has 0 bridgehead atoms. The highest BCUT2D eigenvalue weighted by molar-refractivity contribution is 5.95. The molecule has 3 amide bonds. The number of aliphatic carboxylic acids is 1. The van der Waals surface area contributed by atoms with Crippen LogP contribution in [0, 0.1) is 17.8 Å². The summed E-state index contributed by atoms with van der Waals surface area (Å²) in [6.45, 7) is 3.79. The van der Waals surface area contributed by atoms with Crippen molar-refractivity contribution in [1.29, 1.82) is 0 Å². The second-order valence-electron chi connectivity index (χ2n) is 11.1. The molecule has 8 atom stereocenters. The average Bonchev–Trinajstić information content (AvgIpc) is 3.57. The van der Waals surface area contributed by atoms with Gasteiger partial charge in [0.1, 0.15) is 23.7 Å². The van der Waals surface area contributed by atoms with Gasteiger partial charge in [0.05, 0.1) is 6.10 Å². The van der Waals surface area contributed by atoms with Crippen molar-refractivity contribution in [2.45, 2.75) is 108 Å². The van der Waals surface area contributed by atoms with Gasteiger partial charge in [0.15, 0.2) is 0 Å². The summed E-state index contributed by atoms with van der Waals surface area (Å²) in [5.41, 5.74) is -1.32. The van der Waals surface area contributed by atoms with Crippen molar-refractivity contribution >= 4 is 23.9 Å². The second-order valence-corrected chi connectivity index (χ2v) is 11.1. The van der Waals surface area contributed by atoms with Gasteiger partial charge in [0, 0.05) is 13.0 Å². The lowest BCUT2D eigenvalue weighted by Gasteiger charge is -2.29.